The maximum Gasteiger partial charge on any atom is 0.350 e. The molecule has 0 aliphatic heterocycles. The van der Waals surface area contributed by atoms with E-state index in [9.17, 15) is 9.90 Å². The smallest absolute Gasteiger partial charge is 0.350 e. The first-order valence-electron chi connectivity index (χ1n) is 9.36. The van der Waals surface area contributed by atoms with Crippen LogP contribution in [-0.2, 0) is 4.74 Å². The van der Waals surface area contributed by atoms with Crippen LogP contribution in [0.2, 0.25) is 5.02 Å². The van der Waals surface area contributed by atoms with Crippen LogP contribution in [0.1, 0.15) is 15.4 Å². The van der Waals surface area contributed by atoms with Gasteiger partial charge in [0.1, 0.15) is 16.2 Å². The SMILES string of the molecule is COC(=O)c1sc(NN=c2cc(-c3ccc(O)c(OC)c3)oc3ccc(Cl)cc23)nc1C. The lowest BCUT2D eigenvalue weighted by molar-refractivity contribution is 0.0605. The van der Waals surface area contributed by atoms with Crippen LogP contribution >= 0.6 is 22.9 Å². The third-order valence-corrected chi connectivity index (χ3v) is 5.89. The Kier molecular flexibility index (Phi) is 6.02. The lowest BCUT2D eigenvalue weighted by Gasteiger charge is -2.08. The summed E-state index contributed by atoms with van der Waals surface area (Å²) in [6, 6.07) is 11.9. The van der Waals surface area contributed by atoms with Crippen molar-refractivity contribution < 1.29 is 23.8 Å². The van der Waals surface area contributed by atoms with E-state index in [4.69, 9.17) is 25.5 Å². The molecule has 0 amide bonds. The normalized spacial score (nSPS) is 11.6. The molecule has 10 heteroatoms. The summed E-state index contributed by atoms with van der Waals surface area (Å²) in [5, 5.41) is 16.6. The number of aromatic hydroxyl groups is 1. The summed E-state index contributed by atoms with van der Waals surface area (Å²) in [6.45, 7) is 1.72. The number of aromatic nitrogens is 1. The number of methoxy groups -OCH3 is 2. The topological polar surface area (TPSA) is 106 Å². The highest BCUT2D eigenvalue weighted by molar-refractivity contribution is 7.17. The van der Waals surface area contributed by atoms with Crippen molar-refractivity contribution in [2.45, 2.75) is 6.92 Å². The van der Waals surface area contributed by atoms with E-state index in [-0.39, 0.29) is 5.75 Å². The number of phenolic OH excluding ortho intramolecular Hbond substituents is 1. The fourth-order valence-electron chi connectivity index (χ4n) is 3.04. The molecule has 4 aromatic rings. The Hall–Kier alpha value is -3.56. The number of hydrogen-bond acceptors (Lipinski definition) is 9. The van der Waals surface area contributed by atoms with Gasteiger partial charge in [0.05, 0.1) is 25.3 Å². The van der Waals surface area contributed by atoms with E-state index in [2.05, 4.69) is 15.5 Å². The summed E-state index contributed by atoms with van der Waals surface area (Å²) in [5.41, 5.74) is 4.69. The van der Waals surface area contributed by atoms with E-state index in [0.717, 1.165) is 11.3 Å². The van der Waals surface area contributed by atoms with E-state index < -0.39 is 5.97 Å². The molecule has 0 aliphatic carbocycles. The van der Waals surface area contributed by atoms with E-state index in [1.54, 1.807) is 43.3 Å². The van der Waals surface area contributed by atoms with Gasteiger partial charge in [-0.15, -0.1) is 0 Å². The Morgan fingerprint density at radius 1 is 1.22 bits per heavy atom. The summed E-state index contributed by atoms with van der Waals surface area (Å²) in [5.74, 6) is 0.395. The molecule has 2 aromatic carbocycles. The monoisotopic (exact) mass is 471 g/mol. The quantitative estimate of drug-likeness (QED) is 0.313. The van der Waals surface area contributed by atoms with Crippen molar-refractivity contribution in [1.29, 1.82) is 0 Å². The molecular weight excluding hydrogens is 454 g/mol. The molecule has 0 unspecified atom stereocenters. The van der Waals surface area contributed by atoms with E-state index in [0.29, 0.717) is 54.1 Å². The van der Waals surface area contributed by atoms with Gasteiger partial charge in [-0.3, -0.25) is 5.43 Å². The van der Waals surface area contributed by atoms with Crippen molar-refractivity contribution in [2.75, 3.05) is 19.6 Å². The molecule has 2 heterocycles. The average Bonchev–Trinajstić information content (AvgIpc) is 3.17. The van der Waals surface area contributed by atoms with Crippen LogP contribution in [0.4, 0.5) is 5.13 Å². The van der Waals surface area contributed by atoms with Crippen LogP contribution in [0, 0.1) is 6.92 Å². The molecule has 0 radical (unpaired) electrons. The standard InChI is InChI=1S/C22H18ClN3O5S/c1-11-20(21(28)30-3)32-22(24-11)26-25-15-10-18(12-4-6-16(27)19(8-12)29-2)31-17-7-5-13(23)9-14(15)17/h4-10,27H,1-3H3,(H,24,26). The van der Waals surface area contributed by atoms with E-state index >= 15 is 0 Å². The number of rotatable bonds is 5. The Balaban J connectivity index is 1.82. The van der Waals surface area contributed by atoms with E-state index in [1.807, 2.05) is 0 Å². The van der Waals surface area contributed by atoms with Gasteiger partial charge in [0.25, 0.3) is 0 Å². The summed E-state index contributed by atoms with van der Waals surface area (Å²) in [4.78, 5) is 16.6. The first-order valence-corrected chi connectivity index (χ1v) is 10.6. The van der Waals surface area contributed by atoms with Crippen LogP contribution < -0.4 is 15.5 Å². The van der Waals surface area contributed by atoms with Crippen molar-refractivity contribution in [2.24, 2.45) is 5.10 Å². The van der Waals surface area contributed by atoms with Crippen LogP contribution in [0.5, 0.6) is 11.5 Å². The van der Waals surface area contributed by atoms with Crippen LogP contribution in [0.3, 0.4) is 0 Å². The third-order valence-electron chi connectivity index (χ3n) is 4.61. The number of fused-ring (bicyclic) bond motifs is 1. The Morgan fingerprint density at radius 3 is 2.78 bits per heavy atom. The molecule has 0 aliphatic rings. The molecule has 4 rings (SSSR count). The first kappa shape index (κ1) is 21.7. The van der Waals surface area contributed by atoms with Crippen LogP contribution in [0.15, 0.2) is 52.0 Å². The van der Waals surface area contributed by atoms with Gasteiger partial charge in [0.15, 0.2) is 11.5 Å². The Bertz CT molecular complexity index is 1400. The molecule has 0 atom stereocenters. The molecule has 8 nitrogen and oxygen atoms in total. The van der Waals surface area contributed by atoms with Crippen molar-refractivity contribution in [1.82, 2.24) is 4.98 Å². The fourth-order valence-corrected chi connectivity index (χ4v) is 4.04. The second-order valence-corrected chi connectivity index (χ2v) is 8.11. The zero-order chi connectivity index (χ0) is 22.8. The van der Waals surface area contributed by atoms with Gasteiger partial charge >= 0.3 is 5.97 Å². The van der Waals surface area contributed by atoms with Gasteiger partial charge < -0.3 is 19.0 Å². The second-order valence-electron chi connectivity index (χ2n) is 6.67. The Morgan fingerprint density at radius 2 is 2.03 bits per heavy atom. The van der Waals surface area contributed by atoms with Gasteiger partial charge in [-0.1, -0.05) is 22.9 Å². The van der Waals surface area contributed by atoms with Gasteiger partial charge in [-0.05, 0) is 43.3 Å². The van der Waals surface area contributed by atoms with Crippen molar-refractivity contribution >= 4 is 45.0 Å². The molecule has 0 saturated heterocycles. The highest BCUT2D eigenvalue weighted by atomic mass is 35.5. The molecule has 0 bridgehead atoms. The maximum atomic E-state index is 11.8. The average molecular weight is 472 g/mol. The van der Waals surface area contributed by atoms with Crippen molar-refractivity contribution in [3.05, 3.63) is 63.4 Å². The van der Waals surface area contributed by atoms with Gasteiger partial charge in [-0.25, -0.2) is 9.78 Å². The number of ether oxygens (including phenoxy) is 2. The highest BCUT2D eigenvalue weighted by Gasteiger charge is 2.15. The number of nitrogens with zero attached hydrogens (tertiary/aromatic N) is 2. The number of aryl methyl sites for hydroxylation is 1. The third kappa shape index (κ3) is 4.25. The second kappa shape index (κ2) is 8.89. The number of carbonyl (C=O) groups excluding carboxylic acids is 1. The summed E-state index contributed by atoms with van der Waals surface area (Å²) in [6.07, 6.45) is 0. The summed E-state index contributed by atoms with van der Waals surface area (Å²) < 4.78 is 16.0. The number of hydrogen-bond donors (Lipinski definition) is 2. The fraction of sp³-hybridized carbons (Fsp3) is 0.136. The molecule has 0 spiro atoms. The number of halogens is 1. The number of benzene rings is 2. The molecule has 2 aromatic heterocycles. The van der Waals surface area contributed by atoms with Crippen molar-refractivity contribution in [3.63, 3.8) is 0 Å². The van der Waals surface area contributed by atoms with Gasteiger partial charge in [0, 0.05) is 22.0 Å². The number of esters is 1. The zero-order valence-electron chi connectivity index (χ0n) is 17.3. The van der Waals surface area contributed by atoms with Gasteiger partial charge in [0.2, 0.25) is 5.13 Å². The predicted octanol–water partition coefficient (Wildman–Crippen LogP) is 4.95. The Labute approximate surface area is 191 Å². The maximum absolute atomic E-state index is 11.8. The molecule has 164 valence electrons. The lowest BCUT2D eigenvalue weighted by Crippen LogP contribution is -2.07. The minimum atomic E-state index is -0.452. The van der Waals surface area contributed by atoms with Crippen LogP contribution in [0.25, 0.3) is 22.3 Å². The molecule has 0 fully saturated rings. The number of phenols is 1. The lowest BCUT2D eigenvalue weighted by atomic mass is 10.1. The predicted molar refractivity (Wildman–Crippen MR) is 122 cm³/mol. The molecular formula is C22H18ClN3O5S. The first-order chi connectivity index (χ1) is 15.4. The number of thiazole rings is 1. The van der Waals surface area contributed by atoms with Crippen LogP contribution in [-0.4, -0.2) is 30.3 Å². The number of anilines is 1. The summed E-state index contributed by atoms with van der Waals surface area (Å²) >= 11 is 7.33. The molecule has 0 saturated carbocycles. The van der Waals surface area contributed by atoms with Gasteiger partial charge in [-0.2, -0.15) is 5.10 Å². The summed E-state index contributed by atoms with van der Waals surface area (Å²) in [7, 11) is 2.80. The highest BCUT2D eigenvalue weighted by Crippen LogP contribution is 2.32. The van der Waals surface area contributed by atoms with Crippen molar-refractivity contribution in [3.8, 4) is 22.8 Å². The minimum absolute atomic E-state index is 0.0240. The molecule has 32 heavy (non-hydrogen) atoms. The largest absolute Gasteiger partial charge is 0.504 e. The van der Waals surface area contributed by atoms with E-state index in [1.165, 1.54) is 20.3 Å². The molecule has 2 N–H and O–H groups in total. The number of nitrogens with one attached hydrogen (secondary N) is 1. The minimum Gasteiger partial charge on any atom is -0.504 e. The zero-order valence-corrected chi connectivity index (χ0v) is 18.9. The number of carbonyl (C=O) groups is 1.